The number of fused-ring (bicyclic) bond motifs is 1. The molecule has 0 unspecified atom stereocenters. The van der Waals surface area contributed by atoms with Gasteiger partial charge in [0, 0.05) is 30.4 Å². The van der Waals surface area contributed by atoms with E-state index in [1.807, 2.05) is 0 Å². The van der Waals surface area contributed by atoms with E-state index in [9.17, 15) is 4.79 Å². The molecule has 0 aromatic heterocycles. The summed E-state index contributed by atoms with van der Waals surface area (Å²) in [5, 5.41) is 4.18. The number of amides is 1. The van der Waals surface area contributed by atoms with Crippen molar-refractivity contribution in [1.29, 1.82) is 0 Å². The van der Waals surface area contributed by atoms with Crippen LogP contribution in [0.5, 0.6) is 0 Å². The van der Waals surface area contributed by atoms with Gasteiger partial charge in [0.1, 0.15) is 4.91 Å². The summed E-state index contributed by atoms with van der Waals surface area (Å²) >= 11 is 1.57. The summed E-state index contributed by atoms with van der Waals surface area (Å²) in [6, 6.07) is 8.44. The molecular weight excluding hydrogens is 390 g/mol. The number of aliphatic imine (C=N–C) groups is 1. The van der Waals surface area contributed by atoms with E-state index in [0.29, 0.717) is 5.92 Å². The average Bonchev–Trinajstić information content (AvgIpc) is 3.10. The van der Waals surface area contributed by atoms with E-state index in [2.05, 4.69) is 46.4 Å². The summed E-state index contributed by atoms with van der Waals surface area (Å²) in [7, 11) is 0. The van der Waals surface area contributed by atoms with Gasteiger partial charge in [0.05, 0.1) is 0 Å². The first-order valence-electron chi connectivity index (χ1n) is 11.9. The topological polar surface area (TPSA) is 44.7 Å². The predicted molar refractivity (Wildman–Crippen MR) is 128 cm³/mol. The molecule has 1 fully saturated rings. The summed E-state index contributed by atoms with van der Waals surface area (Å²) in [6.07, 6.45) is 13.8. The highest BCUT2D eigenvalue weighted by Crippen LogP contribution is 2.46. The molecule has 2 aliphatic heterocycles. The standard InChI is InChI=1S/C25H35N3OS/c1-2-3-4-5-6-7-10-19-13-15-21(16-14-19)27-24(29)23-22(20-11-8-12-20)28-18-9-17-26-25(28)30-23/h13-16,20H,2-12,17-18H2,1H3,(H,27,29). The Bertz CT molecular complexity index is 795. The second kappa shape index (κ2) is 10.5. The summed E-state index contributed by atoms with van der Waals surface area (Å²) in [5.74, 6) is 0.562. The van der Waals surface area contributed by atoms with Gasteiger partial charge in [0.2, 0.25) is 0 Å². The Morgan fingerprint density at radius 3 is 2.60 bits per heavy atom. The maximum Gasteiger partial charge on any atom is 0.264 e. The predicted octanol–water partition coefficient (Wildman–Crippen LogP) is 6.35. The molecule has 1 aliphatic carbocycles. The number of hydrogen-bond donors (Lipinski definition) is 1. The molecule has 0 bridgehead atoms. The highest BCUT2D eigenvalue weighted by Gasteiger charge is 2.39. The van der Waals surface area contributed by atoms with Gasteiger partial charge in [-0.05, 0) is 61.6 Å². The maximum atomic E-state index is 13.1. The first-order chi connectivity index (χ1) is 14.8. The van der Waals surface area contributed by atoms with Crippen LogP contribution < -0.4 is 5.32 Å². The molecule has 0 saturated heterocycles. The van der Waals surface area contributed by atoms with Gasteiger partial charge in [0.25, 0.3) is 5.91 Å². The fourth-order valence-electron chi connectivity index (χ4n) is 4.46. The minimum Gasteiger partial charge on any atom is -0.323 e. The maximum absolute atomic E-state index is 13.1. The van der Waals surface area contributed by atoms with Crippen LogP contribution in [0, 0.1) is 5.92 Å². The number of aryl methyl sites for hydroxylation is 1. The van der Waals surface area contributed by atoms with E-state index in [1.54, 1.807) is 11.8 Å². The third kappa shape index (κ3) is 5.11. The number of thioether (sulfide) groups is 1. The Morgan fingerprint density at radius 2 is 1.87 bits per heavy atom. The molecule has 0 spiro atoms. The van der Waals surface area contributed by atoms with E-state index >= 15 is 0 Å². The number of nitrogens with one attached hydrogen (secondary N) is 1. The van der Waals surface area contributed by atoms with Crippen molar-refractivity contribution >= 4 is 28.5 Å². The lowest BCUT2D eigenvalue weighted by Crippen LogP contribution is -2.34. The lowest BCUT2D eigenvalue weighted by molar-refractivity contribution is -0.112. The molecule has 1 aromatic rings. The molecule has 1 N–H and O–H groups in total. The second-order valence-electron chi connectivity index (χ2n) is 8.78. The van der Waals surface area contributed by atoms with Gasteiger partial charge < -0.3 is 10.2 Å². The van der Waals surface area contributed by atoms with Crippen LogP contribution >= 0.6 is 11.8 Å². The molecule has 0 atom stereocenters. The minimum atomic E-state index is 0.0303. The van der Waals surface area contributed by atoms with Crippen LogP contribution in [-0.2, 0) is 11.2 Å². The third-order valence-corrected chi connectivity index (χ3v) is 7.59. The number of carbonyl (C=O) groups excluding carboxylic acids is 1. The van der Waals surface area contributed by atoms with E-state index in [1.165, 1.54) is 69.0 Å². The summed E-state index contributed by atoms with van der Waals surface area (Å²) < 4.78 is 0. The number of carbonyl (C=O) groups is 1. The van der Waals surface area contributed by atoms with Crippen molar-refractivity contribution in [2.45, 2.75) is 77.6 Å². The van der Waals surface area contributed by atoms with E-state index in [-0.39, 0.29) is 5.91 Å². The van der Waals surface area contributed by atoms with Crippen LogP contribution in [0.3, 0.4) is 0 Å². The first kappa shape index (κ1) is 21.5. The van der Waals surface area contributed by atoms with Crippen LogP contribution in [0.15, 0.2) is 39.9 Å². The van der Waals surface area contributed by atoms with Crippen LogP contribution in [0.1, 0.15) is 76.7 Å². The number of rotatable bonds is 10. The Balaban J connectivity index is 1.34. The number of unbranched alkanes of at least 4 members (excludes halogenated alkanes) is 5. The Hall–Kier alpha value is -1.75. The molecule has 0 radical (unpaired) electrons. The number of benzene rings is 1. The van der Waals surface area contributed by atoms with Crippen molar-refractivity contribution in [1.82, 2.24) is 4.90 Å². The van der Waals surface area contributed by atoms with Gasteiger partial charge in [-0.25, -0.2) is 0 Å². The Kier molecular flexibility index (Phi) is 7.53. The molecule has 162 valence electrons. The summed E-state index contributed by atoms with van der Waals surface area (Å²) in [5.41, 5.74) is 3.49. The van der Waals surface area contributed by atoms with Crippen molar-refractivity contribution in [3.63, 3.8) is 0 Å². The van der Waals surface area contributed by atoms with Crippen molar-refractivity contribution in [2.75, 3.05) is 18.4 Å². The van der Waals surface area contributed by atoms with E-state index in [4.69, 9.17) is 0 Å². The van der Waals surface area contributed by atoms with Gasteiger partial charge >= 0.3 is 0 Å². The molecular formula is C25H35N3OS. The average molecular weight is 426 g/mol. The molecule has 30 heavy (non-hydrogen) atoms. The van der Waals surface area contributed by atoms with Crippen LogP contribution in [0.4, 0.5) is 5.69 Å². The van der Waals surface area contributed by atoms with Crippen molar-refractivity contribution in [2.24, 2.45) is 10.9 Å². The minimum absolute atomic E-state index is 0.0303. The highest BCUT2D eigenvalue weighted by atomic mass is 32.2. The van der Waals surface area contributed by atoms with Crippen molar-refractivity contribution in [3.8, 4) is 0 Å². The van der Waals surface area contributed by atoms with Crippen LogP contribution in [0.2, 0.25) is 0 Å². The summed E-state index contributed by atoms with van der Waals surface area (Å²) in [6.45, 7) is 4.14. The molecule has 1 saturated carbocycles. The lowest BCUT2D eigenvalue weighted by atomic mass is 9.82. The molecule has 3 aliphatic rings. The zero-order valence-corrected chi connectivity index (χ0v) is 19.1. The number of allylic oxidation sites excluding steroid dienone is 1. The largest absolute Gasteiger partial charge is 0.323 e. The monoisotopic (exact) mass is 425 g/mol. The van der Waals surface area contributed by atoms with Crippen LogP contribution in [-0.4, -0.2) is 29.1 Å². The Labute approximate surface area is 185 Å². The smallest absolute Gasteiger partial charge is 0.264 e. The number of anilines is 1. The van der Waals surface area contributed by atoms with Gasteiger partial charge in [-0.1, -0.05) is 57.6 Å². The van der Waals surface area contributed by atoms with Gasteiger partial charge in [-0.2, -0.15) is 0 Å². The molecule has 4 nitrogen and oxygen atoms in total. The molecule has 4 rings (SSSR count). The Morgan fingerprint density at radius 1 is 1.10 bits per heavy atom. The molecule has 5 heteroatoms. The highest BCUT2D eigenvalue weighted by molar-refractivity contribution is 8.18. The number of nitrogens with zero attached hydrogens (tertiary/aromatic N) is 2. The quantitative estimate of drug-likeness (QED) is 0.444. The van der Waals surface area contributed by atoms with Crippen molar-refractivity contribution < 1.29 is 4.79 Å². The third-order valence-electron chi connectivity index (χ3n) is 6.46. The fraction of sp³-hybridized carbons (Fsp3) is 0.600. The van der Waals surface area contributed by atoms with Crippen molar-refractivity contribution in [3.05, 3.63) is 40.4 Å². The molecule has 1 aromatic carbocycles. The number of hydrogen-bond acceptors (Lipinski definition) is 4. The first-order valence-corrected chi connectivity index (χ1v) is 12.7. The zero-order chi connectivity index (χ0) is 20.8. The van der Waals surface area contributed by atoms with E-state index in [0.717, 1.165) is 41.7 Å². The second-order valence-corrected chi connectivity index (χ2v) is 9.76. The molecule has 1 amide bonds. The van der Waals surface area contributed by atoms with Gasteiger partial charge in [-0.15, -0.1) is 0 Å². The van der Waals surface area contributed by atoms with Gasteiger partial charge in [-0.3, -0.25) is 9.79 Å². The van der Waals surface area contributed by atoms with Crippen LogP contribution in [0.25, 0.3) is 0 Å². The number of amidine groups is 1. The van der Waals surface area contributed by atoms with E-state index < -0.39 is 0 Å². The van der Waals surface area contributed by atoms with Gasteiger partial charge in [0.15, 0.2) is 5.17 Å². The lowest BCUT2D eigenvalue weighted by Gasteiger charge is -2.34. The molecule has 2 heterocycles. The SMILES string of the molecule is CCCCCCCCc1ccc(NC(=O)C2=C(C3CCC3)N3CCCN=C3S2)cc1. The zero-order valence-electron chi connectivity index (χ0n) is 18.3. The normalized spacial score (nSPS) is 18.8. The fourth-order valence-corrected chi connectivity index (χ4v) is 5.63. The summed E-state index contributed by atoms with van der Waals surface area (Å²) in [4.78, 5) is 21.0.